The van der Waals surface area contributed by atoms with E-state index in [4.69, 9.17) is 5.73 Å². The fraction of sp³-hybridized carbons (Fsp3) is 0.100. The molecule has 0 fully saturated rings. The van der Waals surface area contributed by atoms with Gasteiger partial charge in [-0.05, 0) is 18.2 Å². The van der Waals surface area contributed by atoms with E-state index in [1.807, 2.05) is 35.2 Å². The molecule has 3 heteroatoms. The first kappa shape index (κ1) is 7.86. The summed E-state index contributed by atoms with van der Waals surface area (Å²) < 4.78 is 1.84. The Balaban J connectivity index is 2.55. The summed E-state index contributed by atoms with van der Waals surface area (Å²) in [5.41, 5.74) is 7.32. The van der Waals surface area contributed by atoms with Crippen LogP contribution in [0.1, 0.15) is 0 Å². The van der Waals surface area contributed by atoms with E-state index in [0.717, 1.165) is 23.1 Å². The highest BCUT2D eigenvalue weighted by Gasteiger charge is 1.98. The Hall–Kier alpha value is -1.77. The molecule has 66 valence electrons. The molecule has 0 radical (unpaired) electrons. The molecule has 1 aromatic carbocycles. The molecule has 0 atom stereocenters. The molecule has 3 nitrogen and oxygen atoms in total. The zero-order valence-electron chi connectivity index (χ0n) is 7.27. The predicted octanol–water partition coefficient (Wildman–Crippen LogP) is 1.80. The van der Waals surface area contributed by atoms with Crippen molar-refractivity contribution in [1.82, 2.24) is 9.78 Å². The first-order chi connectivity index (χ1) is 6.29. The number of anilines is 1. The number of nitrogens with two attached hydrogens (primary N) is 1. The summed E-state index contributed by atoms with van der Waals surface area (Å²) in [5.74, 6) is 0. The van der Waals surface area contributed by atoms with E-state index in [0.29, 0.717) is 0 Å². The van der Waals surface area contributed by atoms with Crippen molar-refractivity contribution in [1.29, 1.82) is 0 Å². The zero-order chi connectivity index (χ0) is 9.26. The van der Waals surface area contributed by atoms with Gasteiger partial charge in [0.2, 0.25) is 0 Å². The van der Waals surface area contributed by atoms with Crippen molar-refractivity contribution >= 4 is 16.6 Å². The van der Waals surface area contributed by atoms with Crippen LogP contribution in [-0.2, 0) is 6.54 Å². The maximum Gasteiger partial charge on any atom is 0.0943 e. The molecule has 2 aromatic rings. The Morgan fingerprint density at radius 3 is 3.15 bits per heavy atom. The van der Waals surface area contributed by atoms with Gasteiger partial charge in [0.05, 0.1) is 12.1 Å². The molecule has 2 rings (SSSR count). The summed E-state index contributed by atoms with van der Waals surface area (Å²) >= 11 is 0. The van der Waals surface area contributed by atoms with Crippen LogP contribution in [0.5, 0.6) is 0 Å². The summed E-state index contributed by atoms with van der Waals surface area (Å²) in [6.45, 7) is 4.39. The van der Waals surface area contributed by atoms with Crippen molar-refractivity contribution < 1.29 is 0 Å². The number of benzene rings is 1. The Morgan fingerprint density at radius 1 is 1.54 bits per heavy atom. The summed E-state index contributed by atoms with van der Waals surface area (Å²) in [6, 6.07) is 5.72. The molecule has 2 N–H and O–H groups in total. The number of fused-ring (bicyclic) bond motifs is 1. The molecule has 0 amide bonds. The van der Waals surface area contributed by atoms with Crippen molar-refractivity contribution in [3.05, 3.63) is 37.1 Å². The average molecular weight is 173 g/mol. The van der Waals surface area contributed by atoms with Crippen molar-refractivity contribution in [3.63, 3.8) is 0 Å². The highest BCUT2D eigenvalue weighted by molar-refractivity contribution is 5.81. The number of hydrogen-bond donors (Lipinski definition) is 1. The fourth-order valence-corrected chi connectivity index (χ4v) is 1.31. The Bertz CT molecular complexity index is 442. The number of rotatable bonds is 2. The van der Waals surface area contributed by atoms with Crippen molar-refractivity contribution in [2.45, 2.75) is 6.54 Å². The molecule has 0 aliphatic carbocycles. The quantitative estimate of drug-likeness (QED) is 0.556. The predicted molar refractivity (Wildman–Crippen MR) is 54.3 cm³/mol. The molecule has 0 spiro atoms. The molecule has 13 heavy (non-hydrogen) atoms. The van der Waals surface area contributed by atoms with Crippen molar-refractivity contribution in [3.8, 4) is 0 Å². The molecule has 1 heterocycles. The summed E-state index contributed by atoms with van der Waals surface area (Å²) in [5, 5.41) is 5.44. The minimum absolute atomic E-state index is 0.731. The van der Waals surface area contributed by atoms with Gasteiger partial charge in [-0.3, -0.25) is 4.68 Å². The Morgan fingerprint density at radius 2 is 2.38 bits per heavy atom. The highest BCUT2D eigenvalue weighted by Crippen LogP contribution is 2.15. The molecule has 0 saturated heterocycles. The van der Waals surface area contributed by atoms with E-state index in [2.05, 4.69) is 11.7 Å². The minimum Gasteiger partial charge on any atom is -0.399 e. The number of nitrogen functional groups attached to an aromatic ring is 1. The zero-order valence-corrected chi connectivity index (χ0v) is 7.27. The summed E-state index contributed by atoms with van der Waals surface area (Å²) in [6.07, 6.45) is 3.80. The second kappa shape index (κ2) is 2.94. The lowest BCUT2D eigenvalue weighted by Gasteiger charge is -1.90. The minimum atomic E-state index is 0.731. The van der Waals surface area contributed by atoms with Crippen LogP contribution in [0.25, 0.3) is 10.9 Å². The van der Waals surface area contributed by atoms with Crippen LogP contribution in [0.4, 0.5) is 5.69 Å². The molecule has 0 bridgehead atoms. The molecule has 0 unspecified atom stereocenters. The normalized spacial score (nSPS) is 10.5. The summed E-state index contributed by atoms with van der Waals surface area (Å²) in [7, 11) is 0. The maximum absolute atomic E-state index is 5.64. The van der Waals surface area contributed by atoms with E-state index >= 15 is 0 Å². The summed E-state index contributed by atoms with van der Waals surface area (Å²) in [4.78, 5) is 0. The number of hydrogen-bond acceptors (Lipinski definition) is 2. The van der Waals surface area contributed by atoms with Crippen molar-refractivity contribution in [2.75, 3.05) is 5.73 Å². The third-order valence-corrected chi connectivity index (χ3v) is 1.89. The van der Waals surface area contributed by atoms with Gasteiger partial charge in [-0.1, -0.05) is 6.08 Å². The van der Waals surface area contributed by atoms with E-state index in [9.17, 15) is 0 Å². The largest absolute Gasteiger partial charge is 0.399 e. The first-order valence-corrected chi connectivity index (χ1v) is 4.13. The second-order valence-electron chi connectivity index (χ2n) is 2.96. The Labute approximate surface area is 76.5 Å². The van der Waals surface area contributed by atoms with E-state index in [1.54, 1.807) is 0 Å². The third-order valence-electron chi connectivity index (χ3n) is 1.89. The van der Waals surface area contributed by atoms with Gasteiger partial charge in [0.1, 0.15) is 0 Å². The van der Waals surface area contributed by atoms with Crippen LogP contribution in [0.15, 0.2) is 37.1 Å². The SMILES string of the molecule is C=CCn1cc2ccc(N)cc2n1. The van der Waals surface area contributed by atoms with Gasteiger partial charge in [-0.2, -0.15) is 5.10 Å². The number of aromatic nitrogens is 2. The lowest BCUT2D eigenvalue weighted by atomic mass is 10.2. The Kier molecular flexibility index (Phi) is 1.77. The van der Waals surface area contributed by atoms with E-state index < -0.39 is 0 Å². The second-order valence-corrected chi connectivity index (χ2v) is 2.96. The van der Waals surface area contributed by atoms with Crippen LogP contribution in [0.2, 0.25) is 0 Å². The van der Waals surface area contributed by atoms with Gasteiger partial charge in [0.25, 0.3) is 0 Å². The lowest BCUT2D eigenvalue weighted by Crippen LogP contribution is -1.93. The van der Waals surface area contributed by atoms with Crippen LogP contribution in [0, 0.1) is 0 Å². The van der Waals surface area contributed by atoms with Gasteiger partial charge in [-0.25, -0.2) is 0 Å². The topological polar surface area (TPSA) is 43.8 Å². The van der Waals surface area contributed by atoms with Gasteiger partial charge < -0.3 is 5.73 Å². The van der Waals surface area contributed by atoms with E-state index in [1.165, 1.54) is 0 Å². The number of nitrogens with zero attached hydrogens (tertiary/aromatic N) is 2. The average Bonchev–Trinajstić information content (AvgIpc) is 2.46. The smallest absolute Gasteiger partial charge is 0.0943 e. The third kappa shape index (κ3) is 1.40. The van der Waals surface area contributed by atoms with Crippen LogP contribution < -0.4 is 5.73 Å². The van der Waals surface area contributed by atoms with Crippen LogP contribution in [-0.4, -0.2) is 9.78 Å². The van der Waals surface area contributed by atoms with Gasteiger partial charge in [0, 0.05) is 17.3 Å². The molecular formula is C10H11N3. The molecule has 1 aromatic heterocycles. The maximum atomic E-state index is 5.64. The van der Waals surface area contributed by atoms with Gasteiger partial charge in [-0.15, -0.1) is 6.58 Å². The van der Waals surface area contributed by atoms with Crippen LogP contribution >= 0.6 is 0 Å². The van der Waals surface area contributed by atoms with Crippen LogP contribution in [0.3, 0.4) is 0 Å². The fourth-order valence-electron chi connectivity index (χ4n) is 1.31. The van der Waals surface area contributed by atoms with Crippen molar-refractivity contribution in [2.24, 2.45) is 0 Å². The highest BCUT2D eigenvalue weighted by atomic mass is 15.3. The molecular weight excluding hydrogens is 162 g/mol. The lowest BCUT2D eigenvalue weighted by molar-refractivity contribution is 0.712. The standard InChI is InChI=1S/C10H11N3/c1-2-5-13-7-8-3-4-9(11)6-10(8)12-13/h2-4,6-7H,1,5,11H2. The molecule has 0 saturated carbocycles. The van der Waals surface area contributed by atoms with Gasteiger partial charge >= 0.3 is 0 Å². The first-order valence-electron chi connectivity index (χ1n) is 4.13. The monoisotopic (exact) mass is 173 g/mol. The van der Waals surface area contributed by atoms with Gasteiger partial charge in [0.15, 0.2) is 0 Å². The molecule has 0 aliphatic rings. The van der Waals surface area contributed by atoms with E-state index in [-0.39, 0.29) is 0 Å². The molecule has 0 aliphatic heterocycles. The number of allylic oxidation sites excluding steroid dienone is 1.